The zero-order valence-corrected chi connectivity index (χ0v) is 5.82. The van der Waals surface area contributed by atoms with Crippen molar-refractivity contribution in [1.29, 1.82) is 0 Å². The van der Waals surface area contributed by atoms with Crippen LogP contribution in [-0.4, -0.2) is 17.6 Å². The van der Waals surface area contributed by atoms with Crippen LogP contribution in [0.2, 0.25) is 0 Å². The van der Waals surface area contributed by atoms with E-state index in [-0.39, 0.29) is 25.4 Å². The largest absolute Gasteiger partial charge is 0.396 e. The SMILES string of the molecule is OCC[C@@H]1CCC(F)(F)C1. The number of hydrogen-bond acceptors (Lipinski definition) is 1. The highest BCUT2D eigenvalue weighted by Crippen LogP contribution is 2.39. The van der Waals surface area contributed by atoms with Crippen molar-refractivity contribution in [2.75, 3.05) is 6.61 Å². The summed E-state index contributed by atoms with van der Waals surface area (Å²) in [7, 11) is 0. The minimum Gasteiger partial charge on any atom is -0.396 e. The van der Waals surface area contributed by atoms with Gasteiger partial charge in [0, 0.05) is 19.4 Å². The number of aliphatic hydroxyl groups excluding tert-OH is 1. The average molecular weight is 150 g/mol. The minimum absolute atomic E-state index is 0.0116. The second-order valence-electron chi connectivity index (χ2n) is 2.98. The van der Waals surface area contributed by atoms with E-state index in [1.165, 1.54) is 0 Å². The first kappa shape index (κ1) is 7.92. The van der Waals surface area contributed by atoms with E-state index in [4.69, 9.17) is 5.11 Å². The number of aliphatic hydroxyl groups is 1. The molecule has 3 heteroatoms. The van der Waals surface area contributed by atoms with Gasteiger partial charge in [-0.2, -0.15) is 0 Å². The summed E-state index contributed by atoms with van der Waals surface area (Å²) in [5.74, 6) is -2.39. The Labute approximate surface area is 59.0 Å². The molecule has 0 aliphatic heterocycles. The number of hydrogen-bond donors (Lipinski definition) is 1. The molecule has 1 fully saturated rings. The van der Waals surface area contributed by atoms with Gasteiger partial charge < -0.3 is 5.11 Å². The molecule has 1 N–H and O–H groups in total. The minimum atomic E-state index is -2.44. The molecule has 0 aromatic rings. The summed E-state index contributed by atoms with van der Waals surface area (Å²) >= 11 is 0. The molecule has 0 amide bonds. The topological polar surface area (TPSA) is 20.2 Å². The second-order valence-corrected chi connectivity index (χ2v) is 2.98. The third kappa shape index (κ3) is 1.90. The van der Waals surface area contributed by atoms with Gasteiger partial charge in [-0.05, 0) is 18.8 Å². The number of halogens is 2. The molecule has 0 heterocycles. The van der Waals surface area contributed by atoms with Crippen LogP contribution in [0.4, 0.5) is 8.78 Å². The molecular weight excluding hydrogens is 138 g/mol. The van der Waals surface area contributed by atoms with E-state index in [0.717, 1.165) is 0 Å². The fourth-order valence-electron chi connectivity index (χ4n) is 1.47. The molecule has 0 aromatic heterocycles. The summed E-state index contributed by atoms with van der Waals surface area (Å²) in [6.45, 7) is 0.0424. The maximum Gasteiger partial charge on any atom is 0.248 e. The fourth-order valence-corrected chi connectivity index (χ4v) is 1.47. The van der Waals surface area contributed by atoms with Gasteiger partial charge in [-0.3, -0.25) is 0 Å². The van der Waals surface area contributed by atoms with Gasteiger partial charge in [0.1, 0.15) is 0 Å². The number of alkyl halides is 2. The van der Waals surface area contributed by atoms with E-state index in [1.807, 2.05) is 0 Å². The van der Waals surface area contributed by atoms with Gasteiger partial charge >= 0.3 is 0 Å². The molecule has 0 unspecified atom stereocenters. The van der Waals surface area contributed by atoms with Crippen molar-refractivity contribution in [1.82, 2.24) is 0 Å². The van der Waals surface area contributed by atoms with Crippen LogP contribution < -0.4 is 0 Å². The average Bonchev–Trinajstić information content (AvgIpc) is 2.12. The third-order valence-electron chi connectivity index (χ3n) is 2.04. The lowest BCUT2D eigenvalue weighted by molar-refractivity contribution is 0.00413. The van der Waals surface area contributed by atoms with Gasteiger partial charge in [-0.15, -0.1) is 0 Å². The Morgan fingerprint density at radius 2 is 2.20 bits per heavy atom. The van der Waals surface area contributed by atoms with Crippen molar-refractivity contribution in [2.45, 2.75) is 31.6 Å². The van der Waals surface area contributed by atoms with Gasteiger partial charge in [0.15, 0.2) is 0 Å². The standard InChI is InChI=1S/C7H12F2O/c8-7(9)3-1-6(5-7)2-4-10/h6,10H,1-5H2/t6-/m0/s1. The number of rotatable bonds is 2. The molecule has 1 aliphatic carbocycles. The van der Waals surface area contributed by atoms with Gasteiger partial charge in [0.25, 0.3) is 0 Å². The summed E-state index contributed by atoms with van der Waals surface area (Å²) in [5.41, 5.74) is 0. The van der Waals surface area contributed by atoms with E-state index < -0.39 is 5.92 Å². The molecule has 1 aliphatic rings. The summed E-state index contributed by atoms with van der Waals surface area (Å²) < 4.78 is 24.9. The Bertz CT molecular complexity index is 114. The smallest absolute Gasteiger partial charge is 0.248 e. The highest BCUT2D eigenvalue weighted by Gasteiger charge is 2.38. The highest BCUT2D eigenvalue weighted by molar-refractivity contribution is 4.80. The predicted octanol–water partition coefficient (Wildman–Crippen LogP) is 1.80. The first-order valence-corrected chi connectivity index (χ1v) is 3.63. The van der Waals surface area contributed by atoms with Crippen molar-refractivity contribution in [3.8, 4) is 0 Å². The van der Waals surface area contributed by atoms with Crippen LogP contribution in [-0.2, 0) is 0 Å². The summed E-state index contributed by atoms with van der Waals surface area (Å²) in [6, 6.07) is 0. The van der Waals surface area contributed by atoms with Crippen LogP contribution in [0, 0.1) is 5.92 Å². The first-order chi connectivity index (χ1) is 4.64. The van der Waals surface area contributed by atoms with Crippen molar-refractivity contribution < 1.29 is 13.9 Å². The Balaban J connectivity index is 2.29. The Hall–Kier alpha value is -0.180. The fraction of sp³-hybridized carbons (Fsp3) is 1.00. The molecule has 0 spiro atoms. The van der Waals surface area contributed by atoms with Gasteiger partial charge in [-0.25, -0.2) is 8.78 Å². The molecule has 0 radical (unpaired) electrons. The van der Waals surface area contributed by atoms with Crippen LogP contribution in [0.1, 0.15) is 25.7 Å². The Morgan fingerprint density at radius 1 is 1.50 bits per heavy atom. The van der Waals surface area contributed by atoms with Crippen LogP contribution in [0.3, 0.4) is 0 Å². The zero-order valence-electron chi connectivity index (χ0n) is 5.82. The molecule has 1 rings (SSSR count). The molecule has 0 saturated heterocycles. The summed E-state index contributed by atoms with van der Waals surface area (Å²) in [5, 5.41) is 8.45. The van der Waals surface area contributed by atoms with Crippen molar-refractivity contribution in [3.05, 3.63) is 0 Å². The third-order valence-corrected chi connectivity index (χ3v) is 2.04. The van der Waals surface area contributed by atoms with Gasteiger partial charge in [-0.1, -0.05) is 0 Å². The molecule has 10 heavy (non-hydrogen) atoms. The molecule has 1 nitrogen and oxygen atoms in total. The van der Waals surface area contributed by atoms with Crippen molar-refractivity contribution in [2.24, 2.45) is 5.92 Å². The van der Waals surface area contributed by atoms with E-state index in [0.29, 0.717) is 12.8 Å². The predicted molar refractivity (Wildman–Crippen MR) is 34.0 cm³/mol. The lowest BCUT2D eigenvalue weighted by Gasteiger charge is -2.07. The normalized spacial score (nSPS) is 30.9. The maximum absolute atomic E-state index is 12.4. The maximum atomic E-state index is 12.4. The van der Waals surface area contributed by atoms with E-state index in [9.17, 15) is 8.78 Å². The van der Waals surface area contributed by atoms with Crippen LogP contribution in [0.25, 0.3) is 0 Å². The van der Waals surface area contributed by atoms with Crippen LogP contribution in [0.15, 0.2) is 0 Å². The Morgan fingerprint density at radius 3 is 2.60 bits per heavy atom. The molecule has 1 saturated carbocycles. The zero-order chi connectivity index (χ0) is 7.61. The van der Waals surface area contributed by atoms with Crippen molar-refractivity contribution in [3.63, 3.8) is 0 Å². The lowest BCUT2D eigenvalue weighted by Crippen LogP contribution is -2.09. The molecule has 60 valence electrons. The summed E-state index contributed by atoms with van der Waals surface area (Å²) in [4.78, 5) is 0. The molecular formula is C7H12F2O. The van der Waals surface area contributed by atoms with Gasteiger partial charge in [0.2, 0.25) is 5.92 Å². The monoisotopic (exact) mass is 150 g/mol. The Kier molecular flexibility index (Phi) is 2.24. The van der Waals surface area contributed by atoms with Crippen molar-refractivity contribution >= 4 is 0 Å². The second kappa shape index (κ2) is 2.82. The molecule has 0 aromatic carbocycles. The quantitative estimate of drug-likeness (QED) is 0.636. The van der Waals surface area contributed by atoms with Crippen LogP contribution in [0.5, 0.6) is 0 Å². The lowest BCUT2D eigenvalue weighted by atomic mass is 10.1. The van der Waals surface area contributed by atoms with Crippen LogP contribution >= 0.6 is 0 Å². The van der Waals surface area contributed by atoms with Gasteiger partial charge in [0.05, 0.1) is 0 Å². The summed E-state index contributed by atoms with van der Waals surface area (Å²) in [6.07, 6.45) is 1.11. The highest BCUT2D eigenvalue weighted by atomic mass is 19.3. The van der Waals surface area contributed by atoms with E-state index >= 15 is 0 Å². The van der Waals surface area contributed by atoms with E-state index in [2.05, 4.69) is 0 Å². The van der Waals surface area contributed by atoms with E-state index in [1.54, 1.807) is 0 Å². The molecule has 1 atom stereocenters. The molecule has 0 bridgehead atoms. The first-order valence-electron chi connectivity index (χ1n) is 3.63.